The molecule has 0 unspecified atom stereocenters. The van der Waals surface area contributed by atoms with E-state index in [2.05, 4.69) is 0 Å². The van der Waals surface area contributed by atoms with Gasteiger partial charge in [-0.2, -0.15) is 5.26 Å². The summed E-state index contributed by atoms with van der Waals surface area (Å²) in [5.41, 5.74) is 0.513. The minimum absolute atomic E-state index is 0.230. The van der Waals surface area contributed by atoms with Gasteiger partial charge in [0, 0.05) is 0 Å². The lowest BCUT2D eigenvalue weighted by atomic mass is 10.1. The van der Waals surface area contributed by atoms with Crippen LogP contribution in [0, 0.1) is 11.3 Å². The summed E-state index contributed by atoms with van der Waals surface area (Å²) in [6.45, 7) is 4.73. The summed E-state index contributed by atoms with van der Waals surface area (Å²) in [7, 11) is 0. The van der Waals surface area contributed by atoms with Crippen LogP contribution >= 0.6 is 11.8 Å². The molecule has 0 atom stereocenters. The Bertz CT molecular complexity index is 754. The number of hydrogen-bond acceptors (Lipinski definition) is 6. The third kappa shape index (κ3) is 4.46. The number of esters is 1. The molecule has 0 N–H and O–H groups in total. The first-order chi connectivity index (χ1) is 11.2. The van der Waals surface area contributed by atoms with Gasteiger partial charge in [0.25, 0.3) is 11.1 Å². The molecule has 0 aliphatic carbocycles. The van der Waals surface area contributed by atoms with Gasteiger partial charge in [-0.25, -0.2) is 0 Å². The first-order valence-corrected chi connectivity index (χ1v) is 7.98. The van der Waals surface area contributed by atoms with Crippen LogP contribution in [0.2, 0.25) is 0 Å². The zero-order valence-corrected chi connectivity index (χ0v) is 14.3. The monoisotopic (exact) mass is 344 g/mol. The van der Waals surface area contributed by atoms with E-state index < -0.39 is 29.3 Å². The molecule has 0 aromatic heterocycles. The second kappa shape index (κ2) is 6.89. The third-order valence-corrected chi connectivity index (χ3v) is 3.83. The van der Waals surface area contributed by atoms with Crippen LogP contribution in [0.15, 0.2) is 29.2 Å². The van der Waals surface area contributed by atoms with Crippen molar-refractivity contribution in [3.63, 3.8) is 0 Å². The Morgan fingerprint density at radius 1 is 1.29 bits per heavy atom. The lowest BCUT2D eigenvalue weighted by molar-refractivity contribution is -0.156. The van der Waals surface area contributed by atoms with Crippen LogP contribution < -0.4 is 0 Å². The number of hydrogen-bond donors (Lipinski definition) is 0. The highest BCUT2D eigenvalue weighted by Gasteiger charge is 2.37. The van der Waals surface area contributed by atoms with E-state index in [1.165, 1.54) is 0 Å². The van der Waals surface area contributed by atoms with Crippen LogP contribution in [0.4, 0.5) is 4.79 Å². The predicted molar refractivity (Wildman–Crippen MR) is 89.7 cm³/mol. The third-order valence-electron chi connectivity index (χ3n) is 2.92. The molecule has 1 aromatic rings. The molecule has 1 saturated heterocycles. The number of nitriles is 1. The summed E-state index contributed by atoms with van der Waals surface area (Å²) in [6.07, 6.45) is 1.56. The number of amides is 2. The van der Waals surface area contributed by atoms with E-state index in [9.17, 15) is 14.4 Å². The van der Waals surface area contributed by atoms with Gasteiger partial charge in [-0.15, -0.1) is 0 Å². The van der Waals surface area contributed by atoms with Crippen molar-refractivity contribution in [2.75, 3.05) is 6.54 Å². The average Bonchev–Trinajstić information content (AvgIpc) is 2.74. The zero-order chi connectivity index (χ0) is 17.9. The van der Waals surface area contributed by atoms with E-state index in [1.54, 1.807) is 51.1 Å². The fraction of sp³-hybridized carbons (Fsp3) is 0.294. The van der Waals surface area contributed by atoms with Gasteiger partial charge in [0.2, 0.25) is 0 Å². The summed E-state index contributed by atoms with van der Waals surface area (Å²) in [6, 6.07) is 8.61. The number of benzene rings is 1. The topological polar surface area (TPSA) is 87.5 Å². The maximum Gasteiger partial charge on any atom is 0.326 e. The highest BCUT2D eigenvalue weighted by atomic mass is 32.2. The van der Waals surface area contributed by atoms with Gasteiger partial charge in [-0.1, -0.05) is 12.1 Å². The molecule has 124 valence electrons. The van der Waals surface area contributed by atoms with Crippen LogP contribution in [0.1, 0.15) is 31.9 Å². The highest BCUT2D eigenvalue weighted by molar-refractivity contribution is 8.18. The van der Waals surface area contributed by atoms with Gasteiger partial charge in [-0.3, -0.25) is 19.3 Å². The minimum atomic E-state index is -0.683. The van der Waals surface area contributed by atoms with E-state index in [0.29, 0.717) is 11.1 Å². The Morgan fingerprint density at radius 2 is 1.92 bits per heavy atom. The Labute approximate surface area is 144 Å². The smallest absolute Gasteiger partial charge is 0.326 e. The van der Waals surface area contributed by atoms with E-state index >= 15 is 0 Å². The maximum absolute atomic E-state index is 12.3. The summed E-state index contributed by atoms with van der Waals surface area (Å²) >= 11 is 0.772. The van der Waals surface area contributed by atoms with Crippen molar-refractivity contribution in [2.45, 2.75) is 26.4 Å². The first-order valence-electron chi connectivity index (χ1n) is 7.17. The second-order valence-corrected chi connectivity index (χ2v) is 7.08. The molecule has 24 heavy (non-hydrogen) atoms. The molecule has 6 nitrogen and oxygen atoms in total. The molecule has 1 fully saturated rings. The van der Waals surface area contributed by atoms with Crippen molar-refractivity contribution in [3.8, 4) is 6.07 Å². The molecule has 0 spiro atoms. The fourth-order valence-corrected chi connectivity index (χ4v) is 2.78. The van der Waals surface area contributed by atoms with Crippen molar-refractivity contribution >= 4 is 35.0 Å². The largest absolute Gasteiger partial charge is 0.459 e. The molecule has 2 amide bonds. The quantitative estimate of drug-likeness (QED) is 0.619. The summed E-state index contributed by atoms with van der Waals surface area (Å²) in [5.74, 6) is -1.16. The molecule has 2 rings (SSSR count). The van der Waals surface area contributed by atoms with Crippen molar-refractivity contribution in [2.24, 2.45) is 0 Å². The number of rotatable bonds is 3. The highest BCUT2D eigenvalue weighted by Crippen LogP contribution is 2.32. The van der Waals surface area contributed by atoms with Gasteiger partial charge in [0.15, 0.2) is 0 Å². The second-order valence-electron chi connectivity index (χ2n) is 6.09. The summed E-state index contributed by atoms with van der Waals surface area (Å²) in [5, 5.41) is 8.26. The van der Waals surface area contributed by atoms with Crippen LogP contribution in [0.25, 0.3) is 6.08 Å². The summed E-state index contributed by atoms with van der Waals surface area (Å²) < 4.78 is 5.13. The molecule has 1 aromatic carbocycles. The van der Waals surface area contributed by atoms with Crippen LogP contribution in [-0.4, -0.2) is 34.2 Å². The summed E-state index contributed by atoms with van der Waals surface area (Å²) in [4.78, 5) is 37.2. The van der Waals surface area contributed by atoms with E-state index in [-0.39, 0.29) is 4.91 Å². The van der Waals surface area contributed by atoms with Crippen molar-refractivity contribution < 1.29 is 19.1 Å². The molecule has 0 radical (unpaired) electrons. The molecule has 1 aliphatic rings. The Balaban J connectivity index is 2.11. The van der Waals surface area contributed by atoms with Gasteiger partial charge in [0.1, 0.15) is 12.1 Å². The van der Waals surface area contributed by atoms with Crippen molar-refractivity contribution in [3.05, 3.63) is 40.3 Å². The number of ether oxygens (including phenoxy) is 1. The van der Waals surface area contributed by atoms with Crippen molar-refractivity contribution in [1.82, 2.24) is 4.90 Å². The van der Waals surface area contributed by atoms with E-state index in [4.69, 9.17) is 10.00 Å². The number of thioether (sulfide) groups is 1. The standard InChI is InChI=1S/C17H16N2O4S/c1-17(2,3)23-14(20)10-19-15(21)13(24-16(19)22)8-11-4-6-12(9-18)7-5-11/h4-8H,10H2,1-3H3/b13-8+. The molecule has 0 bridgehead atoms. The van der Waals surface area contributed by atoms with Crippen LogP contribution in [0.5, 0.6) is 0 Å². The normalized spacial score (nSPS) is 16.4. The fourth-order valence-electron chi connectivity index (χ4n) is 1.94. The van der Waals surface area contributed by atoms with Crippen molar-refractivity contribution in [1.29, 1.82) is 5.26 Å². The van der Waals surface area contributed by atoms with E-state index in [0.717, 1.165) is 16.7 Å². The number of carbonyl (C=O) groups is 3. The molecule has 0 saturated carbocycles. The van der Waals surface area contributed by atoms with Gasteiger partial charge >= 0.3 is 5.97 Å². The minimum Gasteiger partial charge on any atom is -0.459 e. The zero-order valence-electron chi connectivity index (χ0n) is 13.5. The predicted octanol–water partition coefficient (Wildman–Crippen LogP) is 2.94. The number of imide groups is 1. The lowest BCUT2D eigenvalue weighted by Gasteiger charge is -2.21. The number of carbonyl (C=O) groups excluding carboxylic acids is 3. The van der Waals surface area contributed by atoms with E-state index in [1.807, 2.05) is 6.07 Å². The molecule has 7 heteroatoms. The van der Waals surface area contributed by atoms with Crippen LogP contribution in [0.3, 0.4) is 0 Å². The number of nitrogens with zero attached hydrogens (tertiary/aromatic N) is 2. The molecule has 1 heterocycles. The average molecular weight is 344 g/mol. The maximum atomic E-state index is 12.3. The van der Waals surface area contributed by atoms with Gasteiger partial charge in [-0.05, 0) is 56.3 Å². The van der Waals surface area contributed by atoms with Crippen LogP contribution in [-0.2, 0) is 14.3 Å². The lowest BCUT2D eigenvalue weighted by Crippen LogP contribution is -2.37. The van der Waals surface area contributed by atoms with Gasteiger partial charge in [0.05, 0.1) is 16.5 Å². The molecule has 1 aliphatic heterocycles. The Hall–Kier alpha value is -2.59. The molecular weight excluding hydrogens is 328 g/mol. The Morgan fingerprint density at radius 3 is 2.46 bits per heavy atom. The molecular formula is C17H16N2O4S. The SMILES string of the molecule is CC(C)(C)OC(=O)CN1C(=O)S/C(=C/c2ccc(C#N)cc2)C1=O. The van der Waals surface area contributed by atoms with Gasteiger partial charge < -0.3 is 4.74 Å². The Kier molecular flexibility index (Phi) is 5.10. The first kappa shape index (κ1) is 17.8.